The second kappa shape index (κ2) is 6.61. The van der Waals surface area contributed by atoms with Crippen molar-refractivity contribution < 1.29 is 13.9 Å². The molecular formula is C20H16F2O. The number of benzene rings is 3. The van der Waals surface area contributed by atoms with Crippen molar-refractivity contribution in [2.24, 2.45) is 0 Å². The summed E-state index contributed by atoms with van der Waals surface area (Å²) in [6.45, 7) is 0. The predicted molar refractivity (Wildman–Crippen MR) is 87.3 cm³/mol. The molecule has 3 heteroatoms. The summed E-state index contributed by atoms with van der Waals surface area (Å²) in [6, 6.07) is 20.1. The van der Waals surface area contributed by atoms with Crippen LogP contribution in [0.5, 0.6) is 5.75 Å². The largest absolute Gasteiger partial charge is 0.505 e. The Morgan fingerprint density at radius 3 is 1.91 bits per heavy atom. The molecule has 116 valence electrons. The summed E-state index contributed by atoms with van der Waals surface area (Å²) in [4.78, 5) is 0. The van der Waals surface area contributed by atoms with Gasteiger partial charge in [-0.05, 0) is 41.7 Å². The van der Waals surface area contributed by atoms with Crippen LogP contribution < -0.4 is 0 Å². The first-order valence-corrected chi connectivity index (χ1v) is 7.45. The molecule has 0 aliphatic rings. The standard InChI is InChI=1S/C20H16F2O/c21-19-17(12-13-18(23)20(19)22)16-10-8-15(9-11-16)7-6-14-4-2-1-3-5-14/h1-5,8-13,23H,6-7H2. The minimum absolute atomic E-state index is 0.148. The molecule has 0 unspecified atom stereocenters. The fourth-order valence-electron chi connectivity index (χ4n) is 2.55. The lowest BCUT2D eigenvalue weighted by Crippen LogP contribution is -1.93. The lowest BCUT2D eigenvalue weighted by molar-refractivity contribution is 0.408. The highest BCUT2D eigenvalue weighted by molar-refractivity contribution is 5.65. The van der Waals surface area contributed by atoms with Crippen molar-refractivity contribution in [3.05, 3.63) is 89.5 Å². The predicted octanol–water partition coefficient (Wildman–Crippen LogP) is 5.12. The van der Waals surface area contributed by atoms with Crippen LogP contribution in [-0.4, -0.2) is 5.11 Å². The highest BCUT2D eigenvalue weighted by Gasteiger charge is 2.13. The number of phenolic OH excluding ortho intramolecular Hbond substituents is 1. The lowest BCUT2D eigenvalue weighted by Gasteiger charge is -2.07. The zero-order chi connectivity index (χ0) is 16.2. The van der Waals surface area contributed by atoms with Gasteiger partial charge in [0, 0.05) is 5.56 Å². The number of rotatable bonds is 4. The monoisotopic (exact) mass is 310 g/mol. The molecule has 1 N–H and O–H groups in total. The Hall–Kier alpha value is -2.68. The van der Waals surface area contributed by atoms with E-state index in [0.717, 1.165) is 24.5 Å². The van der Waals surface area contributed by atoms with Gasteiger partial charge in [0.05, 0.1) is 0 Å². The van der Waals surface area contributed by atoms with Gasteiger partial charge in [-0.25, -0.2) is 4.39 Å². The average Bonchev–Trinajstić information content (AvgIpc) is 2.60. The summed E-state index contributed by atoms with van der Waals surface area (Å²) >= 11 is 0. The minimum Gasteiger partial charge on any atom is -0.505 e. The van der Waals surface area contributed by atoms with Crippen molar-refractivity contribution in [2.45, 2.75) is 12.8 Å². The number of aromatic hydroxyl groups is 1. The number of hydrogen-bond acceptors (Lipinski definition) is 1. The molecule has 0 heterocycles. The first kappa shape index (κ1) is 15.2. The molecule has 0 aromatic heterocycles. The number of hydrogen-bond donors (Lipinski definition) is 1. The van der Waals surface area contributed by atoms with Gasteiger partial charge in [-0.1, -0.05) is 54.6 Å². The van der Waals surface area contributed by atoms with E-state index in [0.29, 0.717) is 5.56 Å². The maximum Gasteiger partial charge on any atom is 0.200 e. The fourth-order valence-corrected chi connectivity index (χ4v) is 2.55. The van der Waals surface area contributed by atoms with Gasteiger partial charge in [0.1, 0.15) is 0 Å². The van der Waals surface area contributed by atoms with Crippen LogP contribution in [0.4, 0.5) is 8.78 Å². The molecule has 0 amide bonds. The summed E-state index contributed by atoms with van der Waals surface area (Å²) < 4.78 is 27.3. The van der Waals surface area contributed by atoms with Gasteiger partial charge in [-0.2, -0.15) is 4.39 Å². The van der Waals surface area contributed by atoms with E-state index in [1.165, 1.54) is 11.6 Å². The van der Waals surface area contributed by atoms with E-state index in [1.807, 2.05) is 30.3 Å². The Morgan fingerprint density at radius 1 is 0.652 bits per heavy atom. The molecule has 0 aliphatic heterocycles. The van der Waals surface area contributed by atoms with E-state index in [1.54, 1.807) is 12.1 Å². The molecule has 3 aromatic rings. The van der Waals surface area contributed by atoms with Crippen molar-refractivity contribution in [2.75, 3.05) is 0 Å². The molecule has 1 nitrogen and oxygen atoms in total. The van der Waals surface area contributed by atoms with E-state index in [2.05, 4.69) is 12.1 Å². The molecule has 0 saturated heterocycles. The van der Waals surface area contributed by atoms with Crippen LogP contribution in [0.15, 0.2) is 66.7 Å². The van der Waals surface area contributed by atoms with Crippen LogP contribution in [0.25, 0.3) is 11.1 Å². The summed E-state index contributed by atoms with van der Waals surface area (Å²) in [5, 5.41) is 9.18. The smallest absolute Gasteiger partial charge is 0.200 e. The van der Waals surface area contributed by atoms with Crippen molar-refractivity contribution in [1.29, 1.82) is 0 Å². The zero-order valence-corrected chi connectivity index (χ0v) is 12.5. The Balaban J connectivity index is 1.76. The molecule has 0 fully saturated rings. The van der Waals surface area contributed by atoms with Gasteiger partial charge in [0.15, 0.2) is 11.6 Å². The van der Waals surface area contributed by atoms with Crippen molar-refractivity contribution in [3.8, 4) is 16.9 Å². The van der Waals surface area contributed by atoms with Crippen LogP contribution in [0, 0.1) is 11.6 Å². The Morgan fingerprint density at radius 2 is 1.26 bits per heavy atom. The molecule has 0 spiro atoms. The third-order valence-corrected chi connectivity index (χ3v) is 3.87. The third-order valence-electron chi connectivity index (χ3n) is 3.87. The number of aryl methyl sites for hydroxylation is 2. The number of phenols is 1. The van der Waals surface area contributed by atoms with Crippen LogP contribution >= 0.6 is 0 Å². The molecule has 3 rings (SSSR count). The SMILES string of the molecule is Oc1ccc(-c2ccc(CCc3ccccc3)cc2)c(F)c1F. The lowest BCUT2D eigenvalue weighted by atomic mass is 10.00. The Labute approximate surface area is 133 Å². The maximum absolute atomic E-state index is 13.9. The molecular weight excluding hydrogens is 294 g/mol. The quantitative estimate of drug-likeness (QED) is 0.709. The summed E-state index contributed by atoms with van der Waals surface area (Å²) in [5.74, 6) is -2.91. The molecule has 0 saturated carbocycles. The second-order valence-electron chi connectivity index (χ2n) is 5.44. The van der Waals surface area contributed by atoms with E-state index >= 15 is 0 Å². The fraction of sp³-hybridized carbons (Fsp3) is 0.100. The van der Waals surface area contributed by atoms with Crippen molar-refractivity contribution >= 4 is 0 Å². The van der Waals surface area contributed by atoms with Crippen LogP contribution in [0.1, 0.15) is 11.1 Å². The molecule has 3 aromatic carbocycles. The molecule has 0 radical (unpaired) electrons. The second-order valence-corrected chi connectivity index (χ2v) is 5.44. The first-order chi connectivity index (χ1) is 11.1. The Kier molecular flexibility index (Phi) is 4.38. The summed E-state index contributed by atoms with van der Waals surface area (Å²) in [7, 11) is 0. The molecule has 0 atom stereocenters. The average molecular weight is 310 g/mol. The highest BCUT2D eigenvalue weighted by atomic mass is 19.2. The van der Waals surface area contributed by atoms with Gasteiger partial charge in [-0.15, -0.1) is 0 Å². The summed E-state index contributed by atoms with van der Waals surface area (Å²) in [6.07, 6.45) is 1.82. The van der Waals surface area contributed by atoms with Crippen LogP contribution in [0.3, 0.4) is 0 Å². The van der Waals surface area contributed by atoms with Gasteiger partial charge < -0.3 is 5.11 Å². The third kappa shape index (κ3) is 3.39. The molecule has 0 aliphatic carbocycles. The maximum atomic E-state index is 13.9. The van der Waals surface area contributed by atoms with Gasteiger partial charge in [-0.3, -0.25) is 0 Å². The van der Waals surface area contributed by atoms with Gasteiger partial charge in [0.25, 0.3) is 0 Å². The topological polar surface area (TPSA) is 20.2 Å². The molecule has 0 bridgehead atoms. The highest BCUT2D eigenvalue weighted by Crippen LogP contribution is 2.29. The van der Waals surface area contributed by atoms with Gasteiger partial charge >= 0.3 is 0 Å². The van der Waals surface area contributed by atoms with E-state index < -0.39 is 17.4 Å². The van der Waals surface area contributed by atoms with E-state index in [4.69, 9.17) is 0 Å². The normalized spacial score (nSPS) is 10.7. The zero-order valence-electron chi connectivity index (χ0n) is 12.5. The van der Waals surface area contributed by atoms with E-state index in [-0.39, 0.29) is 5.56 Å². The van der Waals surface area contributed by atoms with Crippen LogP contribution in [0.2, 0.25) is 0 Å². The van der Waals surface area contributed by atoms with Crippen molar-refractivity contribution in [1.82, 2.24) is 0 Å². The van der Waals surface area contributed by atoms with Crippen molar-refractivity contribution in [3.63, 3.8) is 0 Å². The van der Waals surface area contributed by atoms with E-state index in [9.17, 15) is 13.9 Å². The summed E-state index contributed by atoms with van der Waals surface area (Å²) in [5.41, 5.74) is 3.14. The molecule has 23 heavy (non-hydrogen) atoms. The minimum atomic E-state index is -1.21. The van der Waals surface area contributed by atoms with Gasteiger partial charge in [0.2, 0.25) is 5.82 Å². The number of halogens is 2. The first-order valence-electron chi connectivity index (χ1n) is 7.45. The van der Waals surface area contributed by atoms with Crippen LogP contribution in [-0.2, 0) is 12.8 Å². The Bertz CT molecular complexity index is 796.